The van der Waals surface area contributed by atoms with E-state index in [-0.39, 0.29) is 17.0 Å². The summed E-state index contributed by atoms with van der Waals surface area (Å²) in [6.45, 7) is 6.76. The molecule has 0 saturated heterocycles. The predicted molar refractivity (Wildman–Crippen MR) is 76.5 cm³/mol. The van der Waals surface area contributed by atoms with Crippen LogP contribution in [0.2, 0.25) is 0 Å². The van der Waals surface area contributed by atoms with Crippen LogP contribution in [-0.4, -0.2) is 12.3 Å². The smallest absolute Gasteiger partial charge is 0.137 e. The lowest BCUT2D eigenvalue weighted by atomic mass is 9.83. The number of carbonyl (C=O) groups is 1. The second-order valence-corrected chi connectivity index (χ2v) is 5.99. The van der Waals surface area contributed by atoms with Crippen LogP contribution in [0.15, 0.2) is 18.2 Å². The third kappa shape index (κ3) is 5.52. The zero-order valence-electron chi connectivity index (χ0n) is 12.1. The molecule has 0 unspecified atom stereocenters. The molecular weight excluding hydrogens is 241 g/mol. The number of hydrogen-bond acceptors (Lipinski definition) is 2. The number of carbonyl (C=O) groups excluding carboxylic acids is 1. The SMILES string of the molecule is Cc1cc(F)ccc1CC(=O)CCC(C)(C)CCN. The van der Waals surface area contributed by atoms with E-state index >= 15 is 0 Å². The summed E-state index contributed by atoms with van der Waals surface area (Å²) in [5.74, 6) is -0.0439. The number of rotatable bonds is 7. The van der Waals surface area contributed by atoms with Crippen molar-refractivity contribution in [2.24, 2.45) is 11.1 Å². The van der Waals surface area contributed by atoms with Crippen molar-refractivity contribution in [3.05, 3.63) is 35.1 Å². The van der Waals surface area contributed by atoms with E-state index in [0.717, 1.165) is 24.0 Å². The monoisotopic (exact) mass is 265 g/mol. The molecule has 0 aliphatic rings. The Morgan fingerprint density at radius 2 is 2.00 bits per heavy atom. The molecular formula is C16H24FNO. The number of nitrogens with two attached hydrogens (primary N) is 1. The Bertz CT molecular complexity index is 440. The minimum Gasteiger partial charge on any atom is -0.330 e. The number of Topliss-reactive ketones (excluding diaryl/α,β-unsaturated/α-hetero) is 1. The maximum atomic E-state index is 13.0. The summed E-state index contributed by atoms with van der Waals surface area (Å²) in [7, 11) is 0. The topological polar surface area (TPSA) is 43.1 Å². The molecule has 106 valence electrons. The lowest BCUT2D eigenvalue weighted by molar-refractivity contribution is -0.119. The van der Waals surface area contributed by atoms with Gasteiger partial charge in [0.1, 0.15) is 11.6 Å². The van der Waals surface area contributed by atoms with Crippen molar-refractivity contribution < 1.29 is 9.18 Å². The quantitative estimate of drug-likeness (QED) is 0.821. The molecule has 2 nitrogen and oxygen atoms in total. The molecule has 0 aliphatic carbocycles. The van der Waals surface area contributed by atoms with Crippen molar-refractivity contribution in [1.82, 2.24) is 0 Å². The Hall–Kier alpha value is -1.22. The van der Waals surface area contributed by atoms with Gasteiger partial charge in [-0.15, -0.1) is 0 Å². The summed E-state index contributed by atoms with van der Waals surface area (Å²) >= 11 is 0. The number of benzene rings is 1. The van der Waals surface area contributed by atoms with Gasteiger partial charge in [-0.3, -0.25) is 4.79 Å². The maximum absolute atomic E-state index is 13.0. The fourth-order valence-corrected chi connectivity index (χ4v) is 2.15. The summed E-state index contributed by atoms with van der Waals surface area (Å²) in [5, 5.41) is 0. The van der Waals surface area contributed by atoms with Gasteiger partial charge in [-0.25, -0.2) is 4.39 Å². The first-order valence-electron chi connectivity index (χ1n) is 6.81. The second-order valence-electron chi connectivity index (χ2n) is 5.99. The maximum Gasteiger partial charge on any atom is 0.137 e. The van der Waals surface area contributed by atoms with Crippen LogP contribution < -0.4 is 5.73 Å². The molecule has 0 bridgehead atoms. The number of aryl methyl sites for hydroxylation is 1. The van der Waals surface area contributed by atoms with E-state index in [1.165, 1.54) is 12.1 Å². The third-order valence-electron chi connectivity index (χ3n) is 3.59. The van der Waals surface area contributed by atoms with Gasteiger partial charge in [-0.1, -0.05) is 19.9 Å². The van der Waals surface area contributed by atoms with Gasteiger partial charge in [0.25, 0.3) is 0 Å². The van der Waals surface area contributed by atoms with Crippen molar-refractivity contribution in [3.8, 4) is 0 Å². The Labute approximate surface area is 115 Å². The van der Waals surface area contributed by atoms with Crippen LogP contribution in [0.25, 0.3) is 0 Å². The highest BCUT2D eigenvalue weighted by Crippen LogP contribution is 2.26. The zero-order chi connectivity index (χ0) is 14.5. The average molecular weight is 265 g/mol. The van der Waals surface area contributed by atoms with Crippen LogP contribution >= 0.6 is 0 Å². The summed E-state index contributed by atoms with van der Waals surface area (Å²) < 4.78 is 13.0. The molecule has 0 heterocycles. The van der Waals surface area contributed by atoms with Crippen molar-refractivity contribution >= 4 is 5.78 Å². The fraction of sp³-hybridized carbons (Fsp3) is 0.562. The molecule has 1 aromatic rings. The van der Waals surface area contributed by atoms with Gasteiger partial charge in [0.05, 0.1) is 0 Å². The van der Waals surface area contributed by atoms with E-state index in [1.54, 1.807) is 6.07 Å². The summed E-state index contributed by atoms with van der Waals surface area (Å²) in [5.41, 5.74) is 7.43. The minimum atomic E-state index is -0.252. The van der Waals surface area contributed by atoms with Gasteiger partial charge in [-0.05, 0) is 55.0 Å². The van der Waals surface area contributed by atoms with Crippen LogP contribution in [0, 0.1) is 18.2 Å². The second kappa shape index (κ2) is 6.80. The van der Waals surface area contributed by atoms with Crippen molar-refractivity contribution in [2.75, 3.05) is 6.54 Å². The molecule has 0 saturated carbocycles. The van der Waals surface area contributed by atoms with Crippen molar-refractivity contribution in [2.45, 2.75) is 46.5 Å². The van der Waals surface area contributed by atoms with E-state index < -0.39 is 0 Å². The molecule has 0 aliphatic heterocycles. The van der Waals surface area contributed by atoms with Gasteiger partial charge >= 0.3 is 0 Å². The molecule has 0 radical (unpaired) electrons. The number of halogens is 1. The Morgan fingerprint density at radius 1 is 1.32 bits per heavy atom. The van der Waals surface area contributed by atoms with Gasteiger partial charge in [0.15, 0.2) is 0 Å². The Balaban J connectivity index is 2.52. The largest absolute Gasteiger partial charge is 0.330 e. The van der Waals surface area contributed by atoms with Gasteiger partial charge in [0.2, 0.25) is 0 Å². The highest BCUT2D eigenvalue weighted by atomic mass is 19.1. The van der Waals surface area contributed by atoms with Crippen LogP contribution in [0.3, 0.4) is 0 Å². The third-order valence-corrected chi connectivity index (χ3v) is 3.59. The standard InChI is InChI=1S/C16H24FNO/c1-12-10-14(17)5-4-13(12)11-15(19)6-7-16(2,3)8-9-18/h4-5,10H,6-9,11,18H2,1-3H3. The van der Waals surface area contributed by atoms with Crippen LogP contribution in [0.5, 0.6) is 0 Å². The normalized spacial score (nSPS) is 11.6. The van der Waals surface area contributed by atoms with Crippen LogP contribution in [0.4, 0.5) is 4.39 Å². The highest BCUT2D eigenvalue weighted by molar-refractivity contribution is 5.81. The predicted octanol–water partition coefficient (Wildman–Crippen LogP) is 3.40. The molecule has 3 heteroatoms. The lowest BCUT2D eigenvalue weighted by Crippen LogP contribution is -2.19. The molecule has 0 amide bonds. The number of ketones is 1. The molecule has 1 rings (SSSR count). The van der Waals surface area contributed by atoms with E-state index in [4.69, 9.17) is 5.73 Å². The first kappa shape index (κ1) is 15.8. The van der Waals surface area contributed by atoms with E-state index in [0.29, 0.717) is 19.4 Å². The highest BCUT2D eigenvalue weighted by Gasteiger charge is 2.18. The Kier molecular flexibility index (Phi) is 5.67. The minimum absolute atomic E-state index is 0.113. The first-order valence-corrected chi connectivity index (χ1v) is 6.81. The van der Waals surface area contributed by atoms with Crippen molar-refractivity contribution in [3.63, 3.8) is 0 Å². The first-order chi connectivity index (χ1) is 8.84. The van der Waals surface area contributed by atoms with Gasteiger partial charge in [0, 0.05) is 12.8 Å². The molecule has 1 aromatic carbocycles. The van der Waals surface area contributed by atoms with E-state index in [9.17, 15) is 9.18 Å². The summed E-state index contributed by atoms with van der Waals surface area (Å²) in [6, 6.07) is 4.59. The molecule has 0 aromatic heterocycles. The van der Waals surface area contributed by atoms with E-state index in [1.807, 2.05) is 6.92 Å². The van der Waals surface area contributed by atoms with Gasteiger partial charge in [-0.2, -0.15) is 0 Å². The van der Waals surface area contributed by atoms with Crippen molar-refractivity contribution in [1.29, 1.82) is 0 Å². The average Bonchev–Trinajstić information content (AvgIpc) is 2.30. The molecule has 0 spiro atoms. The Morgan fingerprint density at radius 3 is 2.58 bits per heavy atom. The molecule has 0 atom stereocenters. The molecule has 0 fully saturated rings. The zero-order valence-corrected chi connectivity index (χ0v) is 12.1. The van der Waals surface area contributed by atoms with Crippen LogP contribution in [-0.2, 0) is 11.2 Å². The number of hydrogen-bond donors (Lipinski definition) is 1. The molecule has 19 heavy (non-hydrogen) atoms. The van der Waals surface area contributed by atoms with E-state index in [2.05, 4.69) is 13.8 Å². The lowest BCUT2D eigenvalue weighted by Gasteiger charge is -2.23. The fourth-order valence-electron chi connectivity index (χ4n) is 2.15. The van der Waals surface area contributed by atoms with Gasteiger partial charge < -0.3 is 5.73 Å². The van der Waals surface area contributed by atoms with Crippen LogP contribution in [0.1, 0.15) is 44.2 Å². The molecule has 2 N–H and O–H groups in total. The summed E-state index contributed by atoms with van der Waals surface area (Å²) in [4.78, 5) is 12.0. The summed E-state index contributed by atoms with van der Waals surface area (Å²) in [6.07, 6.45) is 2.73.